The predicted molar refractivity (Wildman–Crippen MR) is 174 cm³/mol. The fourth-order valence-electron chi connectivity index (χ4n) is 6.26. The van der Waals surface area contributed by atoms with Crippen LogP contribution in [0.4, 0.5) is 17.1 Å². The van der Waals surface area contributed by atoms with Gasteiger partial charge in [0.1, 0.15) is 0 Å². The molecule has 10 heteroatoms. The van der Waals surface area contributed by atoms with Crippen molar-refractivity contribution in [1.82, 2.24) is 4.90 Å². The molecule has 6 rings (SSSR count). The number of aliphatic hydroxyl groups is 2. The molecule has 0 spiro atoms. The summed E-state index contributed by atoms with van der Waals surface area (Å²) in [6, 6.07) is 22.3. The normalized spacial score (nSPS) is 19.7. The number of β-lactam (4-membered cyclic amide) rings is 2. The maximum absolute atomic E-state index is 14.1. The number of hydrogen-bond acceptors (Lipinski definition) is 6. The molecular weight excluding hydrogens is 584 g/mol. The Morgan fingerprint density at radius 2 is 1.57 bits per heavy atom. The van der Waals surface area contributed by atoms with E-state index < -0.39 is 17.4 Å². The van der Waals surface area contributed by atoms with E-state index in [0.717, 1.165) is 16.8 Å². The van der Waals surface area contributed by atoms with Crippen LogP contribution in [0.25, 0.3) is 0 Å². The van der Waals surface area contributed by atoms with Gasteiger partial charge in [-0.1, -0.05) is 61.5 Å². The minimum absolute atomic E-state index is 0.0140. The van der Waals surface area contributed by atoms with Crippen molar-refractivity contribution in [3.8, 4) is 0 Å². The third-order valence-electron chi connectivity index (χ3n) is 9.17. The summed E-state index contributed by atoms with van der Waals surface area (Å²) in [5, 5.41) is 21.8. The van der Waals surface area contributed by atoms with Crippen LogP contribution in [0.3, 0.4) is 0 Å². The van der Waals surface area contributed by atoms with Crippen molar-refractivity contribution in [1.29, 1.82) is 0 Å². The van der Waals surface area contributed by atoms with E-state index in [4.69, 9.17) is 0 Å². The fourth-order valence-corrected chi connectivity index (χ4v) is 6.26. The van der Waals surface area contributed by atoms with Gasteiger partial charge in [0.05, 0.1) is 18.8 Å². The summed E-state index contributed by atoms with van der Waals surface area (Å²) in [4.78, 5) is 57.8. The van der Waals surface area contributed by atoms with Crippen molar-refractivity contribution in [2.24, 2.45) is 5.92 Å². The Kier molecular flexibility index (Phi) is 8.75. The molecule has 0 bridgehead atoms. The minimum atomic E-state index is -1.93. The molecule has 3 aromatic rings. The summed E-state index contributed by atoms with van der Waals surface area (Å²) in [7, 11) is 0. The van der Waals surface area contributed by atoms with Gasteiger partial charge in [0.25, 0.3) is 5.91 Å². The van der Waals surface area contributed by atoms with Crippen LogP contribution in [-0.2, 0) is 37.9 Å². The monoisotopic (exact) mass is 622 g/mol. The van der Waals surface area contributed by atoms with Gasteiger partial charge < -0.3 is 29.8 Å². The van der Waals surface area contributed by atoms with E-state index in [1.165, 1.54) is 0 Å². The average Bonchev–Trinajstić information content (AvgIpc) is 3.26. The van der Waals surface area contributed by atoms with Crippen molar-refractivity contribution in [3.05, 3.63) is 102 Å². The molecule has 3 aliphatic rings. The second-order valence-corrected chi connectivity index (χ2v) is 12.1. The maximum Gasteiger partial charge on any atom is 0.264 e. The molecule has 2 saturated heterocycles. The van der Waals surface area contributed by atoms with E-state index in [0.29, 0.717) is 49.4 Å². The Morgan fingerprint density at radius 1 is 0.913 bits per heavy atom. The molecule has 10 nitrogen and oxygen atoms in total. The molecule has 3 aliphatic heterocycles. The lowest BCUT2D eigenvalue weighted by atomic mass is 9.82. The first-order valence-electron chi connectivity index (χ1n) is 15.7. The molecule has 3 heterocycles. The van der Waals surface area contributed by atoms with Crippen LogP contribution in [0.2, 0.25) is 0 Å². The molecule has 0 aliphatic carbocycles. The highest BCUT2D eigenvalue weighted by atomic mass is 16.3. The minimum Gasteiger partial charge on any atom is -0.395 e. The summed E-state index contributed by atoms with van der Waals surface area (Å²) in [6.45, 7) is 3.59. The SMILES string of the molecule is C[C@H](/C=C/CC(=O)N(CCO)Cc1ccccc1)[C@@]1(O)C(=O)N(Cc2ccc(N3CCC3=O)cc2)c2ccc(N3CCC3=O)cc21. The Hall–Kier alpha value is -4.80. The largest absolute Gasteiger partial charge is 0.395 e. The van der Waals surface area contributed by atoms with Crippen molar-refractivity contribution >= 4 is 40.7 Å². The third kappa shape index (κ3) is 5.81. The molecule has 46 heavy (non-hydrogen) atoms. The second kappa shape index (κ2) is 12.9. The maximum atomic E-state index is 14.1. The summed E-state index contributed by atoms with van der Waals surface area (Å²) in [5.41, 5.74) is 2.24. The molecule has 0 radical (unpaired) electrons. The molecule has 3 aromatic carbocycles. The van der Waals surface area contributed by atoms with Crippen LogP contribution in [0.5, 0.6) is 0 Å². The van der Waals surface area contributed by atoms with Crippen LogP contribution in [-0.4, -0.2) is 65.0 Å². The first kappa shape index (κ1) is 31.2. The van der Waals surface area contributed by atoms with Crippen LogP contribution in [0.1, 0.15) is 42.9 Å². The number of aliphatic hydroxyl groups excluding tert-OH is 1. The van der Waals surface area contributed by atoms with E-state index in [2.05, 4.69) is 0 Å². The van der Waals surface area contributed by atoms with E-state index in [1.54, 1.807) is 56.9 Å². The molecule has 0 unspecified atom stereocenters. The lowest BCUT2D eigenvalue weighted by Crippen LogP contribution is -2.45. The van der Waals surface area contributed by atoms with Gasteiger partial charge in [-0.3, -0.25) is 19.2 Å². The van der Waals surface area contributed by atoms with Gasteiger partial charge >= 0.3 is 0 Å². The number of amides is 4. The quantitative estimate of drug-likeness (QED) is 0.236. The van der Waals surface area contributed by atoms with Gasteiger partial charge in [-0.05, 0) is 41.5 Å². The van der Waals surface area contributed by atoms with E-state index in [-0.39, 0.29) is 43.8 Å². The molecule has 2 atom stereocenters. The van der Waals surface area contributed by atoms with Gasteiger partial charge in [0.2, 0.25) is 17.7 Å². The smallest absolute Gasteiger partial charge is 0.264 e. The fraction of sp³-hybridized carbons (Fsp3) is 0.333. The Balaban J connectivity index is 1.23. The summed E-state index contributed by atoms with van der Waals surface area (Å²) >= 11 is 0. The van der Waals surface area contributed by atoms with Gasteiger partial charge in [0.15, 0.2) is 5.60 Å². The molecule has 2 N–H and O–H groups in total. The predicted octanol–water partition coefficient (Wildman–Crippen LogP) is 3.50. The highest BCUT2D eigenvalue weighted by Crippen LogP contribution is 2.47. The average molecular weight is 623 g/mol. The number of nitrogens with zero attached hydrogens (tertiary/aromatic N) is 4. The zero-order chi connectivity index (χ0) is 32.4. The Labute approximate surface area is 268 Å². The van der Waals surface area contributed by atoms with Gasteiger partial charge in [-0.15, -0.1) is 0 Å². The second-order valence-electron chi connectivity index (χ2n) is 12.1. The van der Waals surface area contributed by atoms with Crippen LogP contribution < -0.4 is 14.7 Å². The molecule has 0 saturated carbocycles. The van der Waals surface area contributed by atoms with E-state index >= 15 is 0 Å². The topological polar surface area (TPSA) is 122 Å². The van der Waals surface area contributed by atoms with Crippen molar-refractivity contribution in [3.63, 3.8) is 0 Å². The van der Waals surface area contributed by atoms with Crippen molar-refractivity contribution in [2.45, 2.75) is 44.9 Å². The summed E-state index contributed by atoms with van der Waals surface area (Å²) < 4.78 is 0. The summed E-state index contributed by atoms with van der Waals surface area (Å²) in [6.07, 6.45) is 4.37. The molecule has 2 fully saturated rings. The Morgan fingerprint density at radius 3 is 2.17 bits per heavy atom. The lowest BCUT2D eigenvalue weighted by molar-refractivity contribution is -0.139. The standard InChI is InChI=1S/C36H38N4O6/c1-25(6-5-9-32(42)37(20-21-41)23-26-7-3-2-4-8-26)36(46)30-22-29(39-19-17-34(39)44)14-15-31(30)40(35(36)45)24-27-10-12-28(13-11-27)38-18-16-33(38)43/h2-8,10-15,22,25,41,46H,9,16-21,23-24H2,1H3/b6-5+/t25-,36+/m1/s1. The number of carbonyl (C=O) groups is 4. The third-order valence-corrected chi connectivity index (χ3v) is 9.17. The molecular formula is C36H38N4O6. The number of fused-ring (bicyclic) bond motifs is 1. The van der Waals surface area contributed by atoms with Crippen LogP contribution >= 0.6 is 0 Å². The molecule has 0 aromatic heterocycles. The number of carbonyl (C=O) groups excluding carboxylic acids is 4. The number of hydrogen-bond donors (Lipinski definition) is 2. The van der Waals surface area contributed by atoms with Crippen LogP contribution in [0.15, 0.2) is 84.9 Å². The lowest BCUT2D eigenvalue weighted by Gasteiger charge is -2.32. The first-order valence-corrected chi connectivity index (χ1v) is 15.7. The van der Waals surface area contributed by atoms with Crippen molar-refractivity contribution < 1.29 is 29.4 Å². The van der Waals surface area contributed by atoms with Gasteiger partial charge in [-0.25, -0.2) is 0 Å². The number of benzene rings is 3. The Bertz CT molecular complexity index is 1670. The highest BCUT2D eigenvalue weighted by molar-refractivity contribution is 6.08. The zero-order valence-corrected chi connectivity index (χ0v) is 25.8. The summed E-state index contributed by atoms with van der Waals surface area (Å²) in [5.74, 6) is -1.32. The number of anilines is 3. The van der Waals surface area contributed by atoms with Crippen LogP contribution in [0, 0.1) is 5.92 Å². The highest BCUT2D eigenvalue weighted by Gasteiger charge is 2.53. The molecule has 238 valence electrons. The van der Waals surface area contributed by atoms with E-state index in [9.17, 15) is 29.4 Å². The number of rotatable bonds is 12. The van der Waals surface area contributed by atoms with E-state index in [1.807, 2.05) is 54.6 Å². The zero-order valence-electron chi connectivity index (χ0n) is 25.8. The molecule has 4 amide bonds. The van der Waals surface area contributed by atoms with Crippen molar-refractivity contribution in [2.75, 3.05) is 40.9 Å². The van der Waals surface area contributed by atoms with Gasteiger partial charge in [-0.2, -0.15) is 0 Å². The van der Waals surface area contributed by atoms with Gasteiger partial charge in [0, 0.05) is 68.3 Å². The first-order chi connectivity index (χ1) is 22.2.